The lowest BCUT2D eigenvalue weighted by molar-refractivity contribution is 0.0690. The van der Waals surface area contributed by atoms with E-state index in [0.717, 1.165) is 25.3 Å². The Kier molecular flexibility index (Phi) is 4.04. The maximum absolute atomic E-state index is 10.7. The van der Waals surface area contributed by atoms with Crippen molar-refractivity contribution in [1.82, 2.24) is 9.88 Å². The first kappa shape index (κ1) is 13.8. The Balaban J connectivity index is 1.89. The Hall–Kier alpha value is -1.62. The van der Waals surface area contributed by atoms with Crippen molar-refractivity contribution in [3.05, 3.63) is 24.0 Å². The molecule has 2 rings (SSSR count). The molecule has 1 aliphatic heterocycles. The number of likely N-dealkylation sites (tertiary alicyclic amines) is 1. The maximum Gasteiger partial charge on any atom is 0.354 e. The molecule has 0 amide bonds. The van der Waals surface area contributed by atoms with Crippen LogP contribution in [0.3, 0.4) is 0 Å². The van der Waals surface area contributed by atoms with Crippen LogP contribution in [-0.4, -0.2) is 47.6 Å². The van der Waals surface area contributed by atoms with E-state index in [0.29, 0.717) is 5.41 Å². The molecule has 2 heterocycles. The highest BCUT2D eigenvalue weighted by Gasteiger charge is 2.28. The minimum atomic E-state index is -0.992. The number of piperidine rings is 1. The number of rotatable bonds is 4. The zero-order valence-electron chi connectivity index (χ0n) is 11.5. The Morgan fingerprint density at radius 3 is 2.68 bits per heavy atom. The van der Waals surface area contributed by atoms with Gasteiger partial charge in [-0.15, -0.1) is 0 Å². The normalized spacial score (nSPS) is 19.1. The van der Waals surface area contributed by atoms with Gasteiger partial charge in [0.2, 0.25) is 0 Å². The number of aromatic nitrogens is 1. The second kappa shape index (κ2) is 5.57. The molecule has 0 aliphatic carbocycles. The summed E-state index contributed by atoms with van der Waals surface area (Å²) in [6.45, 7) is 5.46. The molecular weight excluding hydrogens is 242 g/mol. The summed E-state index contributed by atoms with van der Waals surface area (Å²) in [4.78, 5) is 17.0. The summed E-state index contributed by atoms with van der Waals surface area (Å²) in [6, 6.07) is 3.30. The van der Waals surface area contributed by atoms with Crippen LogP contribution >= 0.6 is 0 Å². The monoisotopic (exact) mass is 263 g/mol. The van der Waals surface area contributed by atoms with E-state index in [2.05, 4.69) is 29.2 Å². The molecule has 0 radical (unpaired) electrons. The van der Waals surface area contributed by atoms with Crippen molar-refractivity contribution in [3.8, 4) is 0 Å². The Morgan fingerprint density at radius 2 is 2.16 bits per heavy atom. The van der Waals surface area contributed by atoms with Gasteiger partial charge in [0.15, 0.2) is 0 Å². The van der Waals surface area contributed by atoms with Crippen LogP contribution in [-0.2, 0) is 0 Å². The SMILES string of the molecule is CN1CCC(C)(CNc2ccc(C(=O)O)nc2)CC1. The molecule has 5 heteroatoms. The van der Waals surface area contributed by atoms with Gasteiger partial charge in [0, 0.05) is 6.54 Å². The van der Waals surface area contributed by atoms with Gasteiger partial charge in [-0.25, -0.2) is 9.78 Å². The molecule has 19 heavy (non-hydrogen) atoms. The molecule has 5 nitrogen and oxygen atoms in total. The molecular formula is C14H21N3O2. The summed E-state index contributed by atoms with van der Waals surface area (Å²) >= 11 is 0. The number of carboxylic acid groups (broad SMARTS) is 1. The van der Waals surface area contributed by atoms with Gasteiger partial charge < -0.3 is 15.3 Å². The molecule has 104 valence electrons. The first-order valence-electron chi connectivity index (χ1n) is 6.60. The zero-order valence-corrected chi connectivity index (χ0v) is 11.5. The number of nitrogens with zero attached hydrogens (tertiary/aromatic N) is 2. The number of carboxylic acids is 1. The topological polar surface area (TPSA) is 65.5 Å². The molecule has 0 saturated carbocycles. The molecule has 1 aromatic rings. The fourth-order valence-corrected chi connectivity index (χ4v) is 2.28. The number of pyridine rings is 1. The van der Waals surface area contributed by atoms with E-state index in [1.54, 1.807) is 12.3 Å². The second-order valence-electron chi connectivity index (χ2n) is 5.70. The van der Waals surface area contributed by atoms with Crippen molar-refractivity contribution in [2.24, 2.45) is 5.41 Å². The van der Waals surface area contributed by atoms with Crippen molar-refractivity contribution in [2.45, 2.75) is 19.8 Å². The van der Waals surface area contributed by atoms with Gasteiger partial charge in [0.25, 0.3) is 0 Å². The van der Waals surface area contributed by atoms with Crippen molar-refractivity contribution >= 4 is 11.7 Å². The van der Waals surface area contributed by atoms with Crippen molar-refractivity contribution < 1.29 is 9.90 Å². The van der Waals surface area contributed by atoms with Crippen LogP contribution < -0.4 is 5.32 Å². The van der Waals surface area contributed by atoms with Crippen LogP contribution in [0.15, 0.2) is 18.3 Å². The summed E-state index contributed by atoms with van der Waals surface area (Å²) in [5.41, 5.74) is 1.26. The van der Waals surface area contributed by atoms with Gasteiger partial charge >= 0.3 is 5.97 Å². The fraction of sp³-hybridized carbons (Fsp3) is 0.571. The zero-order chi connectivity index (χ0) is 13.9. The van der Waals surface area contributed by atoms with E-state index in [4.69, 9.17) is 5.11 Å². The van der Waals surface area contributed by atoms with Crippen molar-refractivity contribution in [2.75, 3.05) is 32.0 Å². The third-order valence-electron chi connectivity index (χ3n) is 3.90. The molecule has 0 atom stereocenters. The van der Waals surface area contributed by atoms with Gasteiger partial charge in [0.1, 0.15) is 5.69 Å². The lowest BCUT2D eigenvalue weighted by atomic mass is 9.80. The minimum Gasteiger partial charge on any atom is -0.477 e. The van der Waals surface area contributed by atoms with E-state index in [9.17, 15) is 4.79 Å². The highest BCUT2D eigenvalue weighted by molar-refractivity contribution is 5.85. The average Bonchev–Trinajstić information content (AvgIpc) is 2.41. The quantitative estimate of drug-likeness (QED) is 0.869. The van der Waals surface area contributed by atoms with Crippen LogP contribution in [0.25, 0.3) is 0 Å². The van der Waals surface area contributed by atoms with Crippen LogP contribution in [0.2, 0.25) is 0 Å². The number of aromatic carboxylic acids is 1. The number of carbonyl (C=O) groups is 1. The average molecular weight is 263 g/mol. The highest BCUT2D eigenvalue weighted by atomic mass is 16.4. The van der Waals surface area contributed by atoms with Gasteiger partial charge in [-0.2, -0.15) is 0 Å². The second-order valence-corrected chi connectivity index (χ2v) is 5.70. The first-order chi connectivity index (χ1) is 8.98. The molecule has 2 N–H and O–H groups in total. The van der Waals surface area contributed by atoms with Crippen molar-refractivity contribution in [3.63, 3.8) is 0 Å². The standard InChI is InChI=1S/C14H21N3O2/c1-14(5-7-17(2)8-6-14)10-16-11-3-4-12(13(18)19)15-9-11/h3-4,9,16H,5-8,10H2,1-2H3,(H,18,19). The first-order valence-corrected chi connectivity index (χ1v) is 6.60. The predicted octanol–water partition coefficient (Wildman–Crippen LogP) is 1.92. The largest absolute Gasteiger partial charge is 0.477 e. The summed E-state index contributed by atoms with van der Waals surface area (Å²) < 4.78 is 0. The lowest BCUT2D eigenvalue weighted by Crippen LogP contribution is -2.40. The van der Waals surface area contributed by atoms with E-state index in [1.165, 1.54) is 18.9 Å². The maximum atomic E-state index is 10.7. The van der Waals surface area contributed by atoms with Gasteiger partial charge in [0.05, 0.1) is 11.9 Å². The fourth-order valence-electron chi connectivity index (χ4n) is 2.28. The Morgan fingerprint density at radius 1 is 1.47 bits per heavy atom. The van der Waals surface area contributed by atoms with Gasteiger partial charge in [-0.3, -0.25) is 0 Å². The summed E-state index contributed by atoms with van der Waals surface area (Å²) in [5.74, 6) is -0.992. The van der Waals surface area contributed by atoms with Gasteiger partial charge in [-0.05, 0) is 50.5 Å². The van der Waals surface area contributed by atoms with Gasteiger partial charge in [-0.1, -0.05) is 6.92 Å². The molecule has 0 aromatic carbocycles. The van der Waals surface area contributed by atoms with E-state index < -0.39 is 5.97 Å². The van der Waals surface area contributed by atoms with Crippen LogP contribution in [0.5, 0.6) is 0 Å². The summed E-state index contributed by atoms with van der Waals surface area (Å²) in [7, 11) is 2.15. The minimum absolute atomic E-state index is 0.0797. The number of nitrogens with one attached hydrogen (secondary N) is 1. The van der Waals surface area contributed by atoms with E-state index >= 15 is 0 Å². The number of hydrogen-bond donors (Lipinski definition) is 2. The predicted molar refractivity (Wildman–Crippen MR) is 74.5 cm³/mol. The van der Waals surface area contributed by atoms with Crippen LogP contribution in [0.1, 0.15) is 30.3 Å². The third kappa shape index (κ3) is 3.67. The highest BCUT2D eigenvalue weighted by Crippen LogP contribution is 2.30. The molecule has 0 bridgehead atoms. The van der Waals surface area contributed by atoms with E-state index in [-0.39, 0.29) is 5.69 Å². The molecule has 1 fully saturated rings. The smallest absolute Gasteiger partial charge is 0.354 e. The summed E-state index contributed by atoms with van der Waals surface area (Å²) in [6.07, 6.45) is 3.94. The molecule has 0 unspecified atom stereocenters. The molecule has 1 aromatic heterocycles. The van der Waals surface area contributed by atoms with E-state index in [1.807, 2.05) is 0 Å². The molecule has 1 saturated heterocycles. The van der Waals surface area contributed by atoms with Crippen LogP contribution in [0.4, 0.5) is 5.69 Å². The number of hydrogen-bond acceptors (Lipinski definition) is 4. The molecule has 0 spiro atoms. The van der Waals surface area contributed by atoms with Crippen LogP contribution in [0, 0.1) is 5.41 Å². The summed E-state index contributed by atoms with van der Waals surface area (Å²) in [5, 5.41) is 12.1. The third-order valence-corrected chi connectivity index (χ3v) is 3.90. The lowest BCUT2D eigenvalue weighted by Gasteiger charge is -2.38. The van der Waals surface area contributed by atoms with Crippen molar-refractivity contribution in [1.29, 1.82) is 0 Å². The Labute approximate surface area is 113 Å². The molecule has 1 aliphatic rings. The Bertz CT molecular complexity index is 437. The number of anilines is 1.